The van der Waals surface area contributed by atoms with Gasteiger partial charge in [-0.2, -0.15) is 0 Å². The molecule has 0 bridgehead atoms. The Hall–Kier alpha value is -2.25. The number of nitrogens with two attached hydrogens (primary N) is 2. The van der Waals surface area contributed by atoms with Crippen LogP contribution in [0.15, 0.2) is 48.5 Å². The summed E-state index contributed by atoms with van der Waals surface area (Å²) in [5.74, 6) is 6.62. The number of anilines is 1. The van der Waals surface area contributed by atoms with Crippen LogP contribution in [0.3, 0.4) is 0 Å². The van der Waals surface area contributed by atoms with Gasteiger partial charge < -0.3 is 15.4 Å². The van der Waals surface area contributed by atoms with Crippen molar-refractivity contribution in [1.29, 1.82) is 0 Å². The quantitative estimate of drug-likeness (QED) is 0.426. The van der Waals surface area contributed by atoms with E-state index in [0.717, 1.165) is 35.2 Å². The third-order valence-electron chi connectivity index (χ3n) is 5.65. The molecule has 0 fully saturated rings. The van der Waals surface area contributed by atoms with Crippen molar-refractivity contribution in [2.24, 2.45) is 11.6 Å². The van der Waals surface area contributed by atoms with Crippen LogP contribution in [0.2, 0.25) is 0 Å². The summed E-state index contributed by atoms with van der Waals surface area (Å²) < 4.78 is 5.83. The fourth-order valence-electron chi connectivity index (χ4n) is 4.11. The summed E-state index contributed by atoms with van der Waals surface area (Å²) in [6.45, 7) is 7.94. The van der Waals surface area contributed by atoms with Gasteiger partial charge >= 0.3 is 0 Å². The molecule has 1 aliphatic heterocycles. The van der Waals surface area contributed by atoms with Gasteiger partial charge in [0.2, 0.25) is 6.41 Å². The maximum Gasteiger partial charge on any atom is 0.214 e. The Kier molecular flexibility index (Phi) is 6.70. The fourth-order valence-corrected chi connectivity index (χ4v) is 4.11. The minimum absolute atomic E-state index is 0.210. The van der Waals surface area contributed by atoms with E-state index in [1.807, 2.05) is 54.4 Å². The van der Waals surface area contributed by atoms with Gasteiger partial charge in [-0.1, -0.05) is 42.5 Å². The van der Waals surface area contributed by atoms with Crippen molar-refractivity contribution in [2.75, 3.05) is 18.1 Å². The van der Waals surface area contributed by atoms with Crippen LogP contribution in [-0.4, -0.2) is 30.2 Å². The van der Waals surface area contributed by atoms with Crippen LogP contribution in [0.4, 0.5) is 5.69 Å². The molecule has 1 amide bonds. The second-order valence-electron chi connectivity index (χ2n) is 8.14. The van der Waals surface area contributed by atoms with E-state index in [0.29, 0.717) is 19.7 Å². The highest BCUT2D eigenvalue weighted by Gasteiger charge is 2.33. The molecule has 2 aromatic carbocycles. The van der Waals surface area contributed by atoms with Gasteiger partial charge in [0.1, 0.15) is 0 Å². The largest absolute Gasteiger partial charge is 0.376 e. The fraction of sp³-hybridized carbons (Fsp3) is 0.435. The molecule has 3 rings (SSSR count). The number of hydrogen-bond donors (Lipinski definition) is 2. The van der Waals surface area contributed by atoms with Gasteiger partial charge in [0.05, 0.1) is 24.2 Å². The van der Waals surface area contributed by atoms with Gasteiger partial charge in [-0.15, -0.1) is 0 Å². The molecule has 2 aromatic rings. The number of rotatable bonds is 7. The summed E-state index contributed by atoms with van der Waals surface area (Å²) in [5, 5.41) is 1.83. The molecule has 0 aliphatic carbocycles. The number of amides is 1. The Labute approximate surface area is 173 Å². The summed E-state index contributed by atoms with van der Waals surface area (Å²) >= 11 is 0. The number of carbonyl (C=O) groups is 1. The van der Waals surface area contributed by atoms with E-state index in [4.69, 9.17) is 16.3 Å². The molecule has 29 heavy (non-hydrogen) atoms. The van der Waals surface area contributed by atoms with E-state index >= 15 is 0 Å². The minimum Gasteiger partial charge on any atom is -0.376 e. The zero-order valence-corrected chi connectivity index (χ0v) is 17.5. The zero-order valence-electron chi connectivity index (χ0n) is 17.5. The SMILES string of the molecule is CCOC(C)(C)CCN(N)C1c2ccccc2CN(C=O)c2ccccc2C1N. The standard InChI is InChI=1S/C23H32N4O2/c1-4-29-23(2,3)13-14-27(25)22-18-10-6-5-9-17(18)15-26(16-28)20-12-8-7-11-19(20)21(22)24/h5-12,16,21-22H,4,13-15,24-25H2,1-3H3. The lowest BCUT2D eigenvalue weighted by atomic mass is 9.87. The van der Waals surface area contributed by atoms with Crippen LogP contribution in [0.5, 0.6) is 0 Å². The number of para-hydroxylation sites is 1. The molecular formula is C23H32N4O2. The predicted octanol–water partition coefficient (Wildman–Crippen LogP) is 3.29. The van der Waals surface area contributed by atoms with Crippen LogP contribution in [0.25, 0.3) is 0 Å². The van der Waals surface area contributed by atoms with E-state index < -0.39 is 0 Å². The van der Waals surface area contributed by atoms with E-state index in [1.165, 1.54) is 0 Å². The Balaban J connectivity index is 1.99. The number of ether oxygens (including phenoxy) is 1. The predicted molar refractivity (Wildman–Crippen MR) is 116 cm³/mol. The lowest BCUT2D eigenvalue weighted by Gasteiger charge is -2.39. The van der Waals surface area contributed by atoms with Crippen molar-refractivity contribution in [3.8, 4) is 0 Å². The first kappa shape index (κ1) is 21.5. The summed E-state index contributed by atoms with van der Waals surface area (Å²) in [4.78, 5) is 13.5. The summed E-state index contributed by atoms with van der Waals surface area (Å²) in [6.07, 6.45) is 1.65. The third-order valence-corrected chi connectivity index (χ3v) is 5.65. The molecule has 0 aromatic heterocycles. The van der Waals surface area contributed by atoms with Crippen molar-refractivity contribution < 1.29 is 9.53 Å². The van der Waals surface area contributed by atoms with E-state index in [2.05, 4.69) is 19.9 Å². The first-order valence-corrected chi connectivity index (χ1v) is 10.2. The summed E-state index contributed by atoms with van der Waals surface area (Å²) in [6, 6.07) is 15.3. The topological polar surface area (TPSA) is 84.8 Å². The van der Waals surface area contributed by atoms with Crippen LogP contribution in [0, 0.1) is 0 Å². The second kappa shape index (κ2) is 9.05. The highest BCUT2D eigenvalue weighted by molar-refractivity contribution is 5.78. The van der Waals surface area contributed by atoms with Crippen molar-refractivity contribution in [3.63, 3.8) is 0 Å². The number of carbonyl (C=O) groups excluding carboxylic acids is 1. The molecule has 156 valence electrons. The van der Waals surface area contributed by atoms with Crippen molar-refractivity contribution in [1.82, 2.24) is 5.01 Å². The molecule has 0 saturated carbocycles. The maximum absolute atomic E-state index is 11.8. The first-order chi connectivity index (χ1) is 13.9. The van der Waals surface area contributed by atoms with Crippen LogP contribution < -0.4 is 16.5 Å². The molecule has 2 atom stereocenters. The number of benzene rings is 2. The maximum atomic E-state index is 11.8. The van der Waals surface area contributed by atoms with E-state index in [-0.39, 0.29) is 17.7 Å². The average molecular weight is 397 g/mol. The van der Waals surface area contributed by atoms with E-state index in [1.54, 1.807) is 4.90 Å². The van der Waals surface area contributed by atoms with Gasteiger partial charge in [0.25, 0.3) is 0 Å². The highest BCUT2D eigenvalue weighted by atomic mass is 16.5. The lowest BCUT2D eigenvalue weighted by molar-refractivity contribution is -0.107. The molecule has 1 heterocycles. The molecule has 6 nitrogen and oxygen atoms in total. The Morgan fingerprint density at radius 1 is 1.17 bits per heavy atom. The first-order valence-electron chi connectivity index (χ1n) is 10.2. The molecular weight excluding hydrogens is 364 g/mol. The number of hydrogen-bond acceptors (Lipinski definition) is 5. The van der Waals surface area contributed by atoms with Crippen LogP contribution in [-0.2, 0) is 16.1 Å². The molecule has 6 heteroatoms. The molecule has 4 N–H and O–H groups in total. The van der Waals surface area contributed by atoms with Crippen LogP contribution >= 0.6 is 0 Å². The summed E-state index contributed by atoms with van der Waals surface area (Å²) in [5.41, 5.74) is 10.4. The van der Waals surface area contributed by atoms with Crippen molar-refractivity contribution >= 4 is 12.1 Å². The van der Waals surface area contributed by atoms with Gasteiger partial charge in [0.15, 0.2) is 0 Å². The third kappa shape index (κ3) is 4.67. The van der Waals surface area contributed by atoms with Crippen molar-refractivity contribution in [2.45, 2.75) is 51.4 Å². The lowest BCUT2D eigenvalue weighted by Crippen LogP contribution is -2.45. The van der Waals surface area contributed by atoms with Crippen molar-refractivity contribution in [3.05, 3.63) is 65.2 Å². The minimum atomic E-state index is -0.379. The second-order valence-corrected chi connectivity index (χ2v) is 8.14. The molecule has 1 aliphatic rings. The summed E-state index contributed by atoms with van der Waals surface area (Å²) in [7, 11) is 0. The average Bonchev–Trinajstić information content (AvgIpc) is 2.70. The Morgan fingerprint density at radius 2 is 1.83 bits per heavy atom. The monoisotopic (exact) mass is 396 g/mol. The molecule has 0 saturated heterocycles. The highest BCUT2D eigenvalue weighted by Crippen LogP contribution is 2.40. The number of nitrogens with zero attached hydrogens (tertiary/aromatic N) is 2. The van der Waals surface area contributed by atoms with Crippen LogP contribution in [0.1, 0.15) is 56.0 Å². The Morgan fingerprint density at radius 3 is 2.52 bits per heavy atom. The van der Waals surface area contributed by atoms with Gasteiger partial charge in [-0.25, -0.2) is 5.01 Å². The van der Waals surface area contributed by atoms with Gasteiger partial charge in [-0.05, 0) is 49.9 Å². The molecule has 0 radical (unpaired) electrons. The zero-order chi connectivity index (χ0) is 21.0. The van der Waals surface area contributed by atoms with E-state index in [9.17, 15) is 4.79 Å². The smallest absolute Gasteiger partial charge is 0.214 e. The molecule has 0 spiro atoms. The van der Waals surface area contributed by atoms with Gasteiger partial charge in [-0.3, -0.25) is 10.6 Å². The Bertz CT molecular complexity index is 839. The number of hydrazine groups is 1. The number of fused-ring (bicyclic) bond motifs is 2. The molecule has 2 unspecified atom stereocenters. The van der Waals surface area contributed by atoms with Gasteiger partial charge in [0, 0.05) is 18.8 Å². The normalized spacial score (nSPS) is 19.3.